The van der Waals surface area contributed by atoms with Gasteiger partial charge in [0.15, 0.2) is 5.76 Å². The molecule has 3 rings (SSSR count). The van der Waals surface area contributed by atoms with Crippen molar-refractivity contribution in [3.05, 3.63) is 42.7 Å². The van der Waals surface area contributed by atoms with Gasteiger partial charge >= 0.3 is 0 Å². The van der Waals surface area contributed by atoms with Gasteiger partial charge < -0.3 is 14.2 Å². The van der Waals surface area contributed by atoms with E-state index in [2.05, 4.69) is 15.5 Å². The van der Waals surface area contributed by atoms with E-state index >= 15 is 0 Å². The van der Waals surface area contributed by atoms with Crippen molar-refractivity contribution in [2.75, 3.05) is 5.32 Å². The Labute approximate surface area is 133 Å². The van der Waals surface area contributed by atoms with Crippen molar-refractivity contribution < 1.29 is 13.6 Å². The molecule has 3 aromatic rings. The van der Waals surface area contributed by atoms with Gasteiger partial charge in [-0.3, -0.25) is 4.79 Å². The van der Waals surface area contributed by atoms with Gasteiger partial charge in [-0.25, -0.2) is 0 Å². The number of hydrogen-bond donors (Lipinski definition) is 1. The molecule has 0 aliphatic carbocycles. The van der Waals surface area contributed by atoms with Gasteiger partial charge in [0.05, 0.1) is 6.26 Å². The fourth-order valence-corrected chi connectivity index (χ4v) is 1.99. The van der Waals surface area contributed by atoms with Crippen LogP contribution in [0.5, 0.6) is 0 Å². The zero-order valence-electron chi connectivity index (χ0n) is 12.9. The van der Waals surface area contributed by atoms with E-state index < -0.39 is 0 Å². The largest absolute Gasteiger partial charge is 0.459 e. The van der Waals surface area contributed by atoms with Crippen molar-refractivity contribution in [1.82, 2.24) is 10.2 Å². The predicted octanol–water partition coefficient (Wildman–Crippen LogP) is 3.98. The average molecular weight is 311 g/mol. The van der Waals surface area contributed by atoms with Gasteiger partial charge in [0.25, 0.3) is 5.89 Å². The highest BCUT2D eigenvalue weighted by Crippen LogP contribution is 2.25. The number of furan rings is 1. The minimum atomic E-state index is -0.0125. The molecular weight excluding hydrogens is 294 g/mol. The molecule has 2 aromatic heterocycles. The molecule has 0 spiro atoms. The summed E-state index contributed by atoms with van der Waals surface area (Å²) in [7, 11) is 0. The zero-order valence-corrected chi connectivity index (χ0v) is 12.9. The van der Waals surface area contributed by atoms with E-state index in [1.54, 1.807) is 18.4 Å². The second kappa shape index (κ2) is 6.48. The Morgan fingerprint density at radius 3 is 2.57 bits per heavy atom. The van der Waals surface area contributed by atoms with Crippen molar-refractivity contribution in [2.24, 2.45) is 5.92 Å². The molecule has 118 valence electrons. The number of nitrogens with zero attached hydrogens (tertiary/aromatic N) is 2. The van der Waals surface area contributed by atoms with Crippen LogP contribution in [0.1, 0.15) is 20.3 Å². The smallest absolute Gasteiger partial charge is 0.283 e. The Hall–Kier alpha value is -2.89. The molecule has 0 aliphatic rings. The van der Waals surface area contributed by atoms with Crippen LogP contribution in [0.25, 0.3) is 23.1 Å². The first kappa shape index (κ1) is 15.0. The van der Waals surface area contributed by atoms with Crippen LogP contribution in [0.15, 0.2) is 51.5 Å². The summed E-state index contributed by atoms with van der Waals surface area (Å²) in [5.41, 5.74) is 1.52. The van der Waals surface area contributed by atoms with Crippen LogP contribution in [0, 0.1) is 5.92 Å². The van der Waals surface area contributed by atoms with E-state index in [0.29, 0.717) is 17.5 Å². The van der Waals surface area contributed by atoms with Gasteiger partial charge in [-0.2, -0.15) is 0 Å². The number of aromatic nitrogens is 2. The summed E-state index contributed by atoms with van der Waals surface area (Å²) >= 11 is 0. The normalized spacial score (nSPS) is 12.1. The number of anilines is 1. The van der Waals surface area contributed by atoms with Gasteiger partial charge in [0.1, 0.15) is 0 Å². The number of carbonyl (C=O) groups is 1. The Kier molecular flexibility index (Phi) is 4.23. The number of carbonyl (C=O) groups excluding carboxylic acids is 1. The van der Waals surface area contributed by atoms with E-state index in [0.717, 1.165) is 17.7 Å². The first-order chi connectivity index (χ1) is 11.2. The van der Waals surface area contributed by atoms with Crippen molar-refractivity contribution in [2.45, 2.75) is 20.3 Å². The molecular formula is C17H17N3O3. The minimum Gasteiger partial charge on any atom is -0.459 e. The van der Waals surface area contributed by atoms with Crippen LogP contribution in [-0.4, -0.2) is 16.1 Å². The van der Waals surface area contributed by atoms with Gasteiger partial charge in [-0.1, -0.05) is 13.8 Å². The summed E-state index contributed by atoms with van der Waals surface area (Å²) in [5.74, 6) is 1.26. The van der Waals surface area contributed by atoms with Crippen LogP contribution in [0.2, 0.25) is 0 Å². The summed E-state index contributed by atoms with van der Waals surface area (Å²) in [6, 6.07) is 10.8. The highest BCUT2D eigenvalue weighted by molar-refractivity contribution is 5.92. The third kappa shape index (κ3) is 3.31. The Morgan fingerprint density at radius 1 is 1.17 bits per heavy atom. The minimum absolute atomic E-state index is 0.0122. The molecule has 6 nitrogen and oxygen atoms in total. The summed E-state index contributed by atoms with van der Waals surface area (Å²) in [6.45, 7) is 3.89. The standard InChI is InChI=1S/C17H17N3O3/c1-3-11(2)15(21)18-13-8-6-12(7-9-13)16-19-20-17(23-16)14-5-4-10-22-14/h4-11H,3H2,1-2H3,(H,18,21). The fraction of sp³-hybridized carbons (Fsp3) is 0.235. The van der Waals surface area contributed by atoms with E-state index in [-0.39, 0.29) is 11.8 Å². The molecule has 0 saturated heterocycles. The van der Waals surface area contributed by atoms with Crippen LogP contribution in [0.4, 0.5) is 5.69 Å². The summed E-state index contributed by atoms with van der Waals surface area (Å²) in [5, 5.41) is 10.8. The second-order valence-corrected chi connectivity index (χ2v) is 5.27. The van der Waals surface area contributed by atoms with Crippen molar-refractivity contribution in [3.8, 4) is 23.1 Å². The first-order valence-electron chi connectivity index (χ1n) is 7.46. The topological polar surface area (TPSA) is 81.2 Å². The SMILES string of the molecule is CCC(C)C(=O)Nc1ccc(-c2nnc(-c3ccco3)o2)cc1. The molecule has 1 amide bonds. The molecule has 0 aliphatic heterocycles. The summed E-state index contributed by atoms with van der Waals surface area (Å²) in [4.78, 5) is 11.9. The van der Waals surface area contributed by atoms with E-state index in [4.69, 9.17) is 8.83 Å². The lowest BCUT2D eigenvalue weighted by Gasteiger charge is -2.09. The number of benzene rings is 1. The molecule has 1 N–H and O–H groups in total. The Bertz CT molecular complexity index is 776. The molecule has 6 heteroatoms. The molecule has 23 heavy (non-hydrogen) atoms. The molecule has 1 unspecified atom stereocenters. The van der Waals surface area contributed by atoms with Crippen LogP contribution in [-0.2, 0) is 4.79 Å². The maximum absolute atomic E-state index is 11.9. The van der Waals surface area contributed by atoms with Crippen molar-refractivity contribution in [1.29, 1.82) is 0 Å². The van der Waals surface area contributed by atoms with Crippen LogP contribution < -0.4 is 5.32 Å². The van der Waals surface area contributed by atoms with Gasteiger partial charge in [0, 0.05) is 17.2 Å². The number of rotatable bonds is 5. The van der Waals surface area contributed by atoms with E-state index in [1.165, 1.54) is 0 Å². The highest BCUT2D eigenvalue weighted by atomic mass is 16.4. The van der Waals surface area contributed by atoms with Crippen molar-refractivity contribution in [3.63, 3.8) is 0 Å². The van der Waals surface area contributed by atoms with Gasteiger partial charge in [0.2, 0.25) is 11.8 Å². The molecule has 0 saturated carbocycles. The maximum atomic E-state index is 11.9. The number of amides is 1. The zero-order chi connectivity index (χ0) is 16.2. The monoisotopic (exact) mass is 311 g/mol. The maximum Gasteiger partial charge on any atom is 0.283 e. The lowest BCUT2D eigenvalue weighted by Crippen LogP contribution is -2.19. The van der Waals surface area contributed by atoms with Gasteiger partial charge in [-0.05, 0) is 42.8 Å². The fourth-order valence-electron chi connectivity index (χ4n) is 1.99. The summed E-state index contributed by atoms with van der Waals surface area (Å²) < 4.78 is 10.8. The number of hydrogen-bond acceptors (Lipinski definition) is 5. The number of nitrogens with one attached hydrogen (secondary N) is 1. The van der Waals surface area contributed by atoms with Gasteiger partial charge in [-0.15, -0.1) is 10.2 Å². The quantitative estimate of drug-likeness (QED) is 0.770. The Morgan fingerprint density at radius 2 is 1.91 bits per heavy atom. The summed E-state index contributed by atoms with van der Waals surface area (Å²) in [6.07, 6.45) is 2.36. The van der Waals surface area contributed by atoms with Crippen LogP contribution >= 0.6 is 0 Å². The third-order valence-corrected chi connectivity index (χ3v) is 3.62. The molecule has 1 atom stereocenters. The molecule has 0 radical (unpaired) electrons. The van der Waals surface area contributed by atoms with Crippen LogP contribution in [0.3, 0.4) is 0 Å². The molecule has 2 heterocycles. The Balaban J connectivity index is 1.74. The lowest BCUT2D eigenvalue weighted by atomic mass is 10.1. The van der Waals surface area contributed by atoms with E-state index in [1.807, 2.05) is 38.1 Å². The average Bonchev–Trinajstić information content (AvgIpc) is 3.25. The first-order valence-corrected chi connectivity index (χ1v) is 7.46. The lowest BCUT2D eigenvalue weighted by molar-refractivity contribution is -0.119. The van der Waals surface area contributed by atoms with Crippen molar-refractivity contribution >= 4 is 11.6 Å². The predicted molar refractivity (Wildman–Crippen MR) is 85.5 cm³/mol. The van der Waals surface area contributed by atoms with E-state index in [9.17, 15) is 4.79 Å². The molecule has 0 bridgehead atoms. The molecule has 1 aromatic carbocycles. The highest BCUT2D eigenvalue weighted by Gasteiger charge is 2.13. The second-order valence-electron chi connectivity index (χ2n) is 5.27. The molecule has 0 fully saturated rings. The third-order valence-electron chi connectivity index (χ3n) is 3.62.